The molecule has 0 spiro atoms. The van der Waals surface area contributed by atoms with Crippen LogP contribution >= 0.6 is 0 Å². The predicted octanol–water partition coefficient (Wildman–Crippen LogP) is 3.23. The quantitative estimate of drug-likeness (QED) is 0.465. The van der Waals surface area contributed by atoms with Crippen molar-refractivity contribution in [1.29, 1.82) is 0 Å². The molecule has 4 nitrogen and oxygen atoms in total. The van der Waals surface area contributed by atoms with Crippen molar-refractivity contribution < 1.29 is 15.0 Å². The highest BCUT2D eigenvalue weighted by molar-refractivity contribution is 5.66. The van der Waals surface area contributed by atoms with E-state index in [-0.39, 0.29) is 12.2 Å². The van der Waals surface area contributed by atoms with Gasteiger partial charge in [-0.2, -0.15) is 0 Å². The van der Waals surface area contributed by atoms with Gasteiger partial charge in [0.15, 0.2) is 0 Å². The number of nitrogens with one attached hydrogen (secondary N) is 1. The molecule has 1 rings (SSSR count). The Morgan fingerprint density at radius 3 is 2.28 bits per heavy atom. The molecule has 0 heterocycles. The molecule has 0 aliphatic heterocycles. The van der Waals surface area contributed by atoms with Crippen LogP contribution in [0, 0.1) is 0 Å². The molecular formula is C14H21NO3. The Kier molecular flexibility index (Phi) is 6.69. The van der Waals surface area contributed by atoms with Gasteiger partial charge in [0, 0.05) is 18.7 Å². The number of phenolic OH excluding ortho intramolecular Hbond substituents is 1. The number of hydrogen-bond donors (Lipinski definition) is 3. The zero-order chi connectivity index (χ0) is 13.2. The van der Waals surface area contributed by atoms with Crippen LogP contribution < -0.4 is 5.32 Å². The van der Waals surface area contributed by atoms with Crippen LogP contribution in [0.5, 0.6) is 5.75 Å². The average Bonchev–Trinajstić information content (AvgIpc) is 2.34. The summed E-state index contributed by atoms with van der Waals surface area (Å²) >= 11 is 0. The molecule has 0 unspecified atom stereocenters. The van der Waals surface area contributed by atoms with E-state index in [0.717, 1.165) is 44.3 Å². The lowest BCUT2D eigenvalue weighted by atomic mass is 10.1. The van der Waals surface area contributed by atoms with E-state index in [9.17, 15) is 4.79 Å². The largest absolute Gasteiger partial charge is 0.508 e. The van der Waals surface area contributed by atoms with E-state index in [1.807, 2.05) is 12.1 Å². The van der Waals surface area contributed by atoms with Gasteiger partial charge in [-0.3, -0.25) is 4.79 Å². The summed E-state index contributed by atoms with van der Waals surface area (Å²) in [7, 11) is 0. The summed E-state index contributed by atoms with van der Waals surface area (Å²) in [4.78, 5) is 10.3. The van der Waals surface area contributed by atoms with Crippen LogP contribution in [-0.4, -0.2) is 22.7 Å². The zero-order valence-corrected chi connectivity index (χ0v) is 10.6. The standard InChI is InChI=1S/C14H21NO3/c16-13-9-7-12(8-10-13)15-11-5-3-1-2-4-6-14(17)18/h7-10,15-16H,1-6,11H2,(H,17,18). The van der Waals surface area contributed by atoms with E-state index in [4.69, 9.17) is 10.2 Å². The van der Waals surface area contributed by atoms with Crippen molar-refractivity contribution in [1.82, 2.24) is 0 Å². The lowest BCUT2D eigenvalue weighted by Crippen LogP contribution is -2.01. The minimum Gasteiger partial charge on any atom is -0.508 e. The smallest absolute Gasteiger partial charge is 0.303 e. The van der Waals surface area contributed by atoms with Crippen molar-refractivity contribution in [2.75, 3.05) is 11.9 Å². The third-order valence-electron chi connectivity index (χ3n) is 2.76. The fraction of sp³-hybridized carbons (Fsp3) is 0.500. The molecule has 1 aromatic rings. The molecule has 1 aromatic carbocycles. The first-order valence-corrected chi connectivity index (χ1v) is 6.43. The number of carbonyl (C=O) groups is 1. The van der Waals surface area contributed by atoms with Crippen LogP contribution in [0.4, 0.5) is 5.69 Å². The molecule has 0 saturated carbocycles. The number of anilines is 1. The summed E-state index contributed by atoms with van der Waals surface area (Å²) < 4.78 is 0. The number of carboxylic acids is 1. The first-order chi connectivity index (χ1) is 8.68. The molecule has 0 aliphatic carbocycles. The number of phenols is 1. The van der Waals surface area contributed by atoms with Crippen molar-refractivity contribution in [2.24, 2.45) is 0 Å². The number of aromatic hydroxyl groups is 1. The fourth-order valence-corrected chi connectivity index (χ4v) is 1.74. The molecule has 0 saturated heterocycles. The van der Waals surface area contributed by atoms with Crippen LogP contribution in [-0.2, 0) is 4.79 Å². The van der Waals surface area contributed by atoms with Crippen molar-refractivity contribution >= 4 is 11.7 Å². The third-order valence-corrected chi connectivity index (χ3v) is 2.76. The van der Waals surface area contributed by atoms with E-state index in [2.05, 4.69) is 5.32 Å². The Morgan fingerprint density at radius 1 is 1.00 bits per heavy atom. The Morgan fingerprint density at radius 2 is 1.61 bits per heavy atom. The van der Waals surface area contributed by atoms with E-state index < -0.39 is 5.97 Å². The van der Waals surface area contributed by atoms with Gasteiger partial charge in [-0.05, 0) is 37.1 Å². The lowest BCUT2D eigenvalue weighted by molar-refractivity contribution is -0.137. The number of benzene rings is 1. The second-order valence-electron chi connectivity index (χ2n) is 4.39. The highest BCUT2D eigenvalue weighted by Gasteiger charge is 1.96. The van der Waals surface area contributed by atoms with Gasteiger partial charge in [0.1, 0.15) is 5.75 Å². The van der Waals surface area contributed by atoms with Gasteiger partial charge < -0.3 is 15.5 Å². The molecule has 0 aromatic heterocycles. The molecule has 3 N–H and O–H groups in total. The highest BCUT2D eigenvalue weighted by atomic mass is 16.4. The summed E-state index contributed by atoms with van der Waals surface area (Å²) in [6.45, 7) is 0.906. The van der Waals surface area contributed by atoms with Gasteiger partial charge in [0.25, 0.3) is 0 Å². The Balaban J connectivity index is 1.95. The highest BCUT2D eigenvalue weighted by Crippen LogP contribution is 2.14. The van der Waals surface area contributed by atoms with Gasteiger partial charge in [0.2, 0.25) is 0 Å². The van der Waals surface area contributed by atoms with Crippen molar-refractivity contribution in [2.45, 2.75) is 38.5 Å². The number of rotatable bonds is 9. The van der Waals surface area contributed by atoms with Crippen molar-refractivity contribution in [3.05, 3.63) is 24.3 Å². The Hall–Kier alpha value is -1.71. The van der Waals surface area contributed by atoms with Gasteiger partial charge in [-0.25, -0.2) is 0 Å². The van der Waals surface area contributed by atoms with Crippen molar-refractivity contribution in [3.8, 4) is 5.75 Å². The number of carboxylic acid groups (broad SMARTS) is 1. The molecule has 0 amide bonds. The first kappa shape index (κ1) is 14.4. The van der Waals surface area contributed by atoms with Gasteiger partial charge >= 0.3 is 5.97 Å². The molecule has 0 atom stereocenters. The summed E-state index contributed by atoms with van der Waals surface area (Å²) in [5.74, 6) is -0.428. The van der Waals surface area contributed by atoms with Crippen LogP contribution in [0.15, 0.2) is 24.3 Å². The maximum Gasteiger partial charge on any atom is 0.303 e. The molecule has 4 heteroatoms. The van der Waals surface area contributed by atoms with Crippen LogP contribution in [0.25, 0.3) is 0 Å². The fourth-order valence-electron chi connectivity index (χ4n) is 1.74. The minimum absolute atomic E-state index is 0.277. The van der Waals surface area contributed by atoms with E-state index in [1.165, 1.54) is 0 Å². The summed E-state index contributed by atoms with van der Waals surface area (Å²) in [6, 6.07) is 7.02. The van der Waals surface area contributed by atoms with E-state index in [0.29, 0.717) is 0 Å². The molecular weight excluding hydrogens is 230 g/mol. The monoisotopic (exact) mass is 251 g/mol. The van der Waals surface area contributed by atoms with Gasteiger partial charge in [-0.1, -0.05) is 19.3 Å². The Labute approximate surface area is 108 Å². The average molecular weight is 251 g/mol. The molecule has 18 heavy (non-hydrogen) atoms. The Bertz CT molecular complexity index is 349. The number of unbranched alkanes of at least 4 members (excludes halogenated alkanes) is 4. The molecule has 0 fully saturated rings. The zero-order valence-electron chi connectivity index (χ0n) is 10.6. The summed E-state index contributed by atoms with van der Waals surface area (Å²) in [5, 5.41) is 20.9. The maximum atomic E-state index is 10.3. The molecule has 100 valence electrons. The number of hydrogen-bond acceptors (Lipinski definition) is 3. The number of aliphatic carboxylic acids is 1. The second-order valence-corrected chi connectivity index (χ2v) is 4.39. The van der Waals surface area contributed by atoms with Crippen molar-refractivity contribution in [3.63, 3.8) is 0 Å². The normalized spacial score (nSPS) is 10.2. The molecule has 0 bridgehead atoms. The second kappa shape index (κ2) is 8.39. The molecule has 0 radical (unpaired) electrons. The predicted molar refractivity (Wildman–Crippen MR) is 71.9 cm³/mol. The first-order valence-electron chi connectivity index (χ1n) is 6.43. The van der Waals surface area contributed by atoms with Crippen LogP contribution in [0.2, 0.25) is 0 Å². The van der Waals surface area contributed by atoms with Gasteiger partial charge in [0.05, 0.1) is 0 Å². The molecule has 0 aliphatic rings. The van der Waals surface area contributed by atoms with E-state index >= 15 is 0 Å². The lowest BCUT2D eigenvalue weighted by Gasteiger charge is -2.06. The minimum atomic E-state index is -0.705. The van der Waals surface area contributed by atoms with Gasteiger partial charge in [-0.15, -0.1) is 0 Å². The van der Waals surface area contributed by atoms with Crippen LogP contribution in [0.3, 0.4) is 0 Å². The SMILES string of the molecule is O=C(O)CCCCCCCNc1ccc(O)cc1. The third kappa shape index (κ3) is 6.78. The van der Waals surface area contributed by atoms with E-state index in [1.54, 1.807) is 12.1 Å². The topological polar surface area (TPSA) is 69.6 Å². The van der Waals surface area contributed by atoms with Crippen LogP contribution in [0.1, 0.15) is 38.5 Å². The summed E-state index contributed by atoms with van der Waals surface area (Å²) in [6.07, 6.45) is 5.33. The summed E-state index contributed by atoms with van der Waals surface area (Å²) in [5.41, 5.74) is 1.01. The maximum absolute atomic E-state index is 10.3.